The molecule has 4 rings (SSSR count). The van der Waals surface area contributed by atoms with Gasteiger partial charge in [0.2, 0.25) is 0 Å². The Balaban J connectivity index is 1.41. The fourth-order valence-corrected chi connectivity index (χ4v) is 4.87. The molecule has 38 heavy (non-hydrogen) atoms. The van der Waals surface area contributed by atoms with Crippen LogP contribution < -0.4 is 16.0 Å². The highest BCUT2D eigenvalue weighted by atomic mass is 19.4. The second kappa shape index (κ2) is 12.5. The van der Waals surface area contributed by atoms with Crippen molar-refractivity contribution in [1.29, 1.82) is 0 Å². The van der Waals surface area contributed by atoms with Gasteiger partial charge in [0.25, 0.3) is 0 Å². The standard InChI is InChI=1S/C27H34BF3N6O/c1-17-22(36-26(38)35-21-13-7-8-18(14-21)27(29,30)31)15-23-25(33-17)37-24(16-32-23)34-20-11-4-2-3-9-19(28)10-5-6-12-20/h7-8,13-16,19-20H,2-6,9-12,28H2,1H3,(H,33,34,37)(H2,35,36,38). The minimum absolute atomic E-state index is 0.0323. The maximum atomic E-state index is 13.0. The molecular weight excluding hydrogens is 492 g/mol. The zero-order chi connectivity index (χ0) is 27.1. The van der Waals surface area contributed by atoms with Gasteiger partial charge in [-0.25, -0.2) is 19.7 Å². The van der Waals surface area contributed by atoms with E-state index in [-0.39, 0.29) is 5.69 Å². The lowest BCUT2D eigenvalue weighted by Crippen LogP contribution is -2.21. The molecule has 1 aliphatic carbocycles. The van der Waals surface area contributed by atoms with Crippen LogP contribution in [0.25, 0.3) is 11.2 Å². The molecule has 3 aromatic rings. The van der Waals surface area contributed by atoms with E-state index in [1.54, 1.807) is 19.2 Å². The Labute approximate surface area is 221 Å². The largest absolute Gasteiger partial charge is 0.416 e. The molecule has 0 radical (unpaired) electrons. The normalized spacial score (nSPS) is 19.4. The average molecular weight is 526 g/mol. The van der Waals surface area contributed by atoms with Gasteiger partial charge >= 0.3 is 12.2 Å². The highest BCUT2D eigenvalue weighted by Gasteiger charge is 2.30. The van der Waals surface area contributed by atoms with E-state index in [9.17, 15) is 18.0 Å². The predicted octanol–water partition coefficient (Wildman–Crippen LogP) is 6.72. The molecule has 202 valence electrons. The molecule has 0 bridgehead atoms. The third-order valence-electron chi connectivity index (χ3n) is 7.02. The molecule has 0 saturated heterocycles. The van der Waals surface area contributed by atoms with Gasteiger partial charge in [-0.1, -0.05) is 56.8 Å². The minimum Gasteiger partial charge on any atom is -0.366 e. The summed E-state index contributed by atoms with van der Waals surface area (Å²) in [6, 6.07) is 5.79. The fraction of sp³-hybridized carbons (Fsp3) is 0.481. The quantitative estimate of drug-likeness (QED) is 0.328. The van der Waals surface area contributed by atoms with E-state index in [1.807, 2.05) is 0 Å². The number of benzene rings is 1. The number of hydrogen-bond donors (Lipinski definition) is 3. The number of halogens is 3. The Morgan fingerprint density at radius 3 is 2.45 bits per heavy atom. The van der Waals surface area contributed by atoms with Gasteiger partial charge < -0.3 is 16.0 Å². The number of carbonyl (C=O) groups is 1. The number of aryl methyl sites for hydroxylation is 1. The van der Waals surface area contributed by atoms with Crippen LogP contribution in [-0.2, 0) is 6.18 Å². The molecule has 1 saturated carbocycles. The number of nitrogens with zero attached hydrogens (tertiary/aromatic N) is 3. The molecule has 1 aliphatic rings. The van der Waals surface area contributed by atoms with Gasteiger partial charge in [-0.2, -0.15) is 13.2 Å². The predicted molar refractivity (Wildman–Crippen MR) is 147 cm³/mol. The molecule has 7 nitrogen and oxygen atoms in total. The maximum Gasteiger partial charge on any atom is 0.416 e. The SMILES string of the molecule is BC1CCCCCC(Nc2cnc3cc(NC(=O)Nc4cccc(C(F)(F)F)c4)c(C)nc3n2)CCCC1. The lowest BCUT2D eigenvalue weighted by molar-refractivity contribution is -0.137. The molecule has 0 aliphatic heterocycles. The highest BCUT2D eigenvalue weighted by molar-refractivity contribution is 6.11. The maximum absolute atomic E-state index is 13.0. The van der Waals surface area contributed by atoms with Gasteiger partial charge in [0.15, 0.2) is 5.65 Å². The molecule has 3 N–H and O–H groups in total. The number of hydrogen-bond acceptors (Lipinski definition) is 5. The summed E-state index contributed by atoms with van der Waals surface area (Å²) in [5, 5.41) is 8.63. The van der Waals surface area contributed by atoms with E-state index in [2.05, 4.69) is 38.7 Å². The number of aromatic nitrogens is 3. The Bertz CT molecular complexity index is 1260. The summed E-state index contributed by atoms with van der Waals surface area (Å²) in [5.41, 5.74) is 1.08. The zero-order valence-corrected chi connectivity index (χ0v) is 21.9. The van der Waals surface area contributed by atoms with E-state index in [0.29, 0.717) is 34.4 Å². The van der Waals surface area contributed by atoms with Gasteiger partial charge in [0.05, 0.1) is 23.1 Å². The van der Waals surface area contributed by atoms with E-state index < -0.39 is 17.8 Å². The van der Waals surface area contributed by atoms with E-state index in [0.717, 1.165) is 30.8 Å². The number of pyridine rings is 1. The van der Waals surface area contributed by atoms with Crippen molar-refractivity contribution in [2.75, 3.05) is 16.0 Å². The van der Waals surface area contributed by atoms with Gasteiger partial charge in [-0.3, -0.25) is 0 Å². The van der Waals surface area contributed by atoms with Crippen LogP contribution in [0.5, 0.6) is 0 Å². The number of alkyl halides is 3. The van der Waals surface area contributed by atoms with Crippen LogP contribution in [0.15, 0.2) is 36.5 Å². The number of rotatable bonds is 4. The summed E-state index contributed by atoms with van der Waals surface area (Å²) in [5.74, 6) is 1.49. The van der Waals surface area contributed by atoms with Crippen molar-refractivity contribution >= 4 is 42.2 Å². The molecule has 2 amide bonds. The molecule has 2 aromatic heterocycles. The molecular formula is C27H34BF3N6O. The van der Waals surface area contributed by atoms with Crippen LogP contribution in [0.2, 0.25) is 5.82 Å². The molecule has 1 aromatic carbocycles. The summed E-state index contributed by atoms with van der Waals surface area (Å²) >= 11 is 0. The molecule has 0 spiro atoms. The third kappa shape index (κ3) is 7.82. The number of fused-ring (bicyclic) bond motifs is 1. The smallest absolute Gasteiger partial charge is 0.366 e. The minimum atomic E-state index is -4.49. The van der Waals surface area contributed by atoms with Crippen LogP contribution in [0.3, 0.4) is 0 Å². The van der Waals surface area contributed by atoms with Crippen molar-refractivity contribution in [2.24, 2.45) is 0 Å². The van der Waals surface area contributed by atoms with Crippen molar-refractivity contribution in [3.63, 3.8) is 0 Å². The Kier molecular flexibility index (Phi) is 9.07. The Morgan fingerprint density at radius 2 is 1.68 bits per heavy atom. The lowest BCUT2D eigenvalue weighted by Gasteiger charge is -2.19. The van der Waals surface area contributed by atoms with Crippen LogP contribution in [0.1, 0.15) is 69.0 Å². The zero-order valence-electron chi connectivity index (χ0n) is 21.9. The molecule has 2 unspecified atom stereocenters. The Hall–Kier alpha value is -3.37. The number of amides is 2. The summed E-state index contributed by atoms with van der Waals surface area (Å²) in [6.07, 6.45) is 8.19. The second-order valence-electron chi connectivity index (χ2n) is 10.2. The van der Waals surface area contributed by atoms with Crippen LogP contribution in [-0.4, -0.2) is 34.9 Å². The first-order chi connectivity index (χ1) is 18.2. The highest BCUT2D eigenvalue weighted by Crippen LogP contribution is 2.31. The monoisotopic (exact) mass is 526 g/mol. The summed E-state index contributed by atoms with van der Waals surface area (Å²) in [7, 11) is 2.36. The molecule has 2 atom stereocenters. The summed E-state index contributed by atoms with van der Waals surface area (Å²) < 4.78 is 38.9. The number of carbonyl (C=O) groups excluding carboxylic acids is 1. The molecule has 1 fully saturated rings. The van der Waals surface area contributed by atoms with Crippen LogP contribution in [0, 0.1) is 6.92 Å². The van der Waals surface area contributed by atoms with Crippen molar-refractivity contribution in [3.8, 4) is 0 Å². The summed E-state index contributed by atoms with van der Waals surface area (Å²) in [6.45, 7) is 1.73. The van der Waals surface area contributed by atoms with Crippen molar-refractivity contribution < 1.29 is 18.0 Å². The average Bonchev–Trinajstić information content (AvgIpc) is 2.90. The topological polar surface area (TPSA) is 91.8 Å². The van der Waals surface area contributed by atoms with E-state index in [1.165, 1.54) is 57.1 Å². The molecule has 2 heterocycles. The van der Waals surface area contributed by atoms with Crippen LogP contribution in [0.4, 0.5) is 35.2 Å². The Morgan fingerprint density at radius 1 is 0.974 bits per heavy atom. The number of nitrogens with one attached hydrogen (secondary N) is 3. The number of urea groups is 1. The lowest BCUT2D eigenvalue weighted by atomic mass is 9.79. The van der Waals surface area contributed by atoms with Crippen LogP contribution >= 0.6 is 0 Å². The van der Waals surface area contributed by atoms with Gasteiger partial charge in [-0.15, -0.1) is 0 Å². The van der Waals surface area contributed by atoms with Gasteiger partial charge in [0.1, 0.15) is 19.2 Å². The first kappa shape index (κ1) is 27.7. The van der Waals surface area contributed by atoms with Crippen molar-refractivity contribution in [3.05, 3.63) is 47.8 Å². The van der Waals surface area contributed by atoms with Gasteiger partial charge in [-0.05, 0) is 44.0 Å². The van der Waals surface area contributed by atoms with Crippen molar-refractivity contribution in [2.45, 2.75) is 82.7 Å². The second-order valence-corrected chi connectivity index (χ2v) is 10.2. The third-order valence-corrected chi connectivity index (χ3v) is 7.02. The summed E-state index contributed by atoms with van der Waals surface area (Å²) in [4.78, 5) is 26.1. The van der Waals surface area contributed by atoms with Gasteiger partial charge in [0, 0.05) is 11.7 Å². The van der Waals surface area contributed by atoms with E-state index >= 15 is 0 Å². The molecule has 11 heteroatoms. The fourth-order valence-electron chi connectivity index (χ4n) is 4.87. The first-order valence-corrected chi connectivity index (χ1v) is 13.3. The first-order valence-electron chi connectivity index (χ1n) is 13.3. The van der Waals surface area contributed by atoms with Crippen molar-refractivity contribution in [1.82, 2.24) is 15.0 Å². The van der Waals surface area contributed by atoms with E-state index in [4.69, 9.17) is 0 Å². The number of anilines is 3.